The summed E-state index contributed by atoms with van der Waals surface area (Å²) in [5, 5.41) is 23.1. The van der Waals surface area contributed by atoms with E-state index in [-0.39, 0.29) is 32.4 Å². The zero-order chi connectivity index (χ0) is 27.0. The van der Waals surface area contributed by atoms with Crippen molar-refractivity contribution < 1.29 is 28.8 Å². The molecule has 3 aromatic rings. The number of nitrogens with zero attached hydrogens (tertiary/aromatic N) is 2. The molecule has 0 saturated carbocycles. The van der Waals surface area contributed by atoms with Crippen molar-refractivity contribution in [3.05, 3.63) is 65.6 Å². The maximum Gasteiger partial charge on any atom is 0.309 e. The first-order valence-electron chi connectivity index (χ1n) is 12.5. The molecule has 5 rings (SSSR count). The van der Waals surface area contributed by atoms with Gasteiger partial charge in [0.2, 0.25) is 5.83 Å². The van der Waals surface area contributed by atoms with Gasteiger partial charge in [0, 0.05) is 23.8 Å². The number of thioether (sulfide) groups is 1. The van der Waals surface area contributed by atoms with E-state index in [1.54, 1.807) is 4.58 Å². The normalized spacial score (nSPS) is 20.2. The number of allylic oxidation sites excluding steroid dienone is 1. The molecule has 0 fully saturated rings. The topological polar surface area (TPSA) is 80.9 Å². The molecule has 0 spiro atoms. The Balaban J connectivity index is 1.87. The second-order valence-electron chi connectivity index (χ2n) is 9.77. The van der Waals surface area contributed by atoms with Crippen LogP contribution < -0.4 is 4.90 Å². The average Bonchev–Trinajstić information content (AvgIpc) is 3.47. The van der Waals surface area contributed by atoms with E-state index < -0.39 is 23.2 Å². The number of halogens is 1. The van der Waals surface area contributed by atoms with E-state index >= 15 is 4.39 Å². The number of aliphatic carboxylic acids is 2. The van der Waals surface area contributed by atoms with Gasteiger partial charge in [-0.3, -0.25) is 9.59 Å². The standard InChI is InChI=1S/C30H27FN2O4S/c1-3-14-30(2)25-21-10-6-4-8-19(21)20-9-5-7-11-22(20)27(25)33(16-13-24(36)37)28(30)26(31)29-32(17-18-38-29)15-12-23(34)35/h1,4-11H,12-18H2,2H3,(H-,34,35,36,37)/p+1. The van der Waals surface area contributed by atoms with Crippen LogP contribution in [0.3, 0.4) is 0 Å². The summed E-state index contributed by atoms with van der Waals surface area (Å²) in [6.45, 7) is 2.73. The largest absolute Gasteiger partial charge is 0.481 e. The van der Waals surface area contributed by atoms with Gasteiger partial charge >= 0.3 is 11.9 Å². The van der Waals surface area contributed by atoms with Crippen LogP contribution in [0, 0.1) is 12.3 Å². The number of rotatable bonds is 8. The Bertz CT molecular complexity index is 1590. The highest BCUT2D eigenvalue weighted by Gasteiger charge is 2.49. The summed E-state index contributed by atoms with van der Waals surface area (Å²) in [5.74, 6) is 1.01. The molecular formula is C30H28FN2O4S+. The second-order valence-corrected chi connectivity index (χ2v) is 10.9. The number of hydrogen-bond acceptors (Lipinski definition) is 4. The molecule has 3 aromatic carbocycles. The van der Waals surface area contributed by atoms with Crippen LogP contribution in [0.4, 0.5) is 10.1 Å². The van der Waals surface area contributed by atoms with Crippen molar-refractivity contribution in [1.82, 2.24) is 0 Å². The molecule has 6 nitrogen and oxygen atoms in total. The maximum atomic E-state index is 16.9. The van der Waals surface area contributed by atoms with Crippen LogP contribution in [-0.4, -0.2) is 57.2 Å². The molecule has 0 saturated heterocycles. The fourth-order valence-corrected chi connectivity index (χ4v) is 6.94. The summed E-state index contributed by atoms with van der Waals surface area (Å²) in [5.41, 5.74) is 1.08. The van der Waals surface area contributed by atoms with E-state index in [1.165, 1.54) is 11.8 Å². The summed E-state index contributed by atoms with van der Waals surface area (Å²) < 4.78 is 18.7. The van der Waals surface area contributed by atoms with Crippen LogP contribution in [0.5, 0.6) is 0 Å². The third-order valence-electron chi connectivity index (χ3n) is 7.40. The summed E-state index contributed by atoms with van der Waals surface area (Å²) in [6, 6.07) is 15.9. The lowest BCUT2D eigenvalue weighted by Gasteiger charge is -2.29. The minimum atomic E-state index is -0.979. The van der Waals surface area contributed by atoms with Gasteiger partial charge in [-0.15, -0.1) is 12.3 Å². The molecule has 2 heterocycles. The van der Waals surface area contributed by atoms with Crippen molar-refractivity contribution >= 4 is 56.0 Å². The van der Waals surface area contributed by atoms with Crippen LogP contribution in [0.2, 0.25) is 0 Å². The zero-order valence-corrected chi connectivity index (χ0v) is 21.9. The maximum absolute atomic E-state index is 16.9. The molecule has 194 valence electrons. The Hall–Kier alpha value is -3.83. The Morgan fingerprint density at radius 2 is 1.66 bits per heavy atom. The monoisotopic (exact) mass is 531 g/mol. The summed E-state index contributed by atoms with van der Waals surface area (Å²) in [4.78, 5) is 24.8. The van der Waals surface area contributed by atoms with Crippen LogP contribution in [-0.2, 0) is 15.0 Å². The van der Waals surface area contributed by atoms with Crippen molar-refractivity contribution in [3.8, 4) is 12.3 Å². The van der Waals surface area contributed by atoms with Crippen molar-refractivity contribution in [1.29, 1.82) is 0 Å². The summed E-state index contributed by atoms with van der Waals surface area (Å²) in [7, 11) is 0. The first-order valence-corrected chi connectivity index (χ1v) is 13.5. The first-order chi connectivity index (χ1) is 18.3. The molecule has 1 unspecified atom stereocenters. The third-order valence-corrected chi connectivity index (χ3v) is 8.50. The van der Waals surface area contributed by atoms with E-state index in [4.69, 9.17) is 6.42 Å². The molecule has 8 heteroatoms. The molecule has 1 atom stereocenters. The van der Waals surface area contributed by atoms with Crippen LogP contribution >= 0.6 is 11.8 Å². The highest BCUT2D eigenvalue weighted by molar-refractivity contribution is 8.14. The lowest BCUT2D eigenvalue weighted by Crippen LogP contribution is -2.33. The number of carbonyl (C=O) groups is 2. The molecule has 0 aliphatic carbocycles. The van der Waals surface area contributed by atoms with Crippen molar-refractivity contribution in [2.75, 3.05) is 30.3 Å². The predicted octanol–water partition coefficient (Wildman–Crippen LogP) is 5.38. The highest BCUT2D eigenvalue weighted by atomic mass is 32.2. The highest BCUT2D eigenvalue weighted by Crippen LogP contribution is 2.57. The van der Waals surface area contributed by atoms with Gasteiger partial charge in [0.25, 0.3) is 5.04 Å². The van der Waals surface area contributed by atoms with E-state index in [2.05, 4.69) is 5.92 Å². The molecule has 2 aliphatic heterocycles. The summed E-state index contributed by atoms with van der Waals surface area (Å²) >= 11 is 1.35. The Labute approximate surface area is 224 Å². The minimum Gasteiger partial charge on any atom is -0.481 e. The van der Waals surface area contributed by atoms with Gasteiger partial charge in [0.15, 0.2) is 13.1 Å². The molecule has 2 N–H and O–H groups in total. The molecular weight excluding hydrogens is 503 g/mol. The SMILES string of the molecule is C#CCC1(C)C(=C(F)C2=[N+](CCC(=O)O)CCS2)N(CCC(=O)O)c2c1c1ccccc1c1ccccc21. The fraction of sp³-hybridized carbons (Fsp3) is 0.300. The van der Waals surface area contributed by atoms with Gasteiger partial charge in [0.1, 0.15) is 6.42 Å². The van der Waals surface area contributed by atoms with Gasteiger partial charge in [-0.05, 0) is 40.4 Å². The second kappa shape index (κ2) is 10.1. The number of carboxylic acid groups (broad SMARTS) is 2. The van der Waals surface area contributed by atoms with Crippen molar-refractivity contribution in [3.63, 3.8) is 0 Å². The fourth-order valence-electron chi connectivity index (χ4n) is 5.85. The van der Waals surface area contributed by atoms with E-state index in [0.717, 1.165) is 32.8 Å². The zero-order valence-electron chi connectivity index (χ0n) is 21.0. The van der Waals surface area contributed by atoms with E-state index in [9.17, 15) is 19.8 Å². The molecule has 0 radical (unpaired) electrons. The number of anilines is 1. The van der Waals surface area contributed by atoms with Crippen molar-refractivity contribution in [2.45, 2.75) is 31.6 Å². The van der Waals surface area contributed by atoms with E-state index in [0.29, 0.717) is 23.0 Å². The minimum absolute atomic E-state index is 0.0701. The van der Waals surface area contributed by atoms with Gasteiger partial charge in [-0.1, -0.05) is 48.5 Å². The first kappa shape index (κ1) is 25.8. The lowest BCUT2D eigenvalue weighted by atomic mass is 9.75. The molecule has 0 amide bonds. The quantitative estimate of drug-likeness (QED) is 0.231. The number of benzene rings is 3. The number of hydrogen-bond donors (Lipinski definition) is 2. The van der Waals surface area contributed by atoms with E-state index in [1.807, 2.05) is 60.4 Å². The van der Waals surface area contributed by atoms with Gasteiger partial charge in [-0.25, -0.2) is 4.58 Å². The van der Waals surface area contributed by atoms with Crippen molar-refractivity contribution in [2.24, 2.45) is 0 Å². The Kier molecular flexibility index (Phi) is 6.89. The van der Waals surface area contributed by atoms with Gasteiger partial charge < -0.3 is 15.1 Å². The Morgan fingerprint density at radius 3 is 2.29 bits per heavy atom. The molecule has 38 heavy (non-hydrogen) atoms. The number of carboxylic acids is 2. The average molecular weight is 532 g/mol. The lowest BCUT2D eigenvalue weighted by molar-refractivity contribution is -0.516. The molecule has 0 aromatic heterocycles. The van der Waals surface area contributed by atoms with Gasteiger partial charge in [0.05, 0.1) is 23.6 Å². The van der Waals surface area contributed by atoms with Crippen LogP contribution in [0.1, 0.15) is 31.7 Å². The molecule has 2 aliphatic rings. The summed E-state index contributed by atoms with van der Waals surface area (Å²) in [6.07, 6.45) is 5.82. The van der Waals surface area contributed by atoms with Crippen LogP contribution in [0.15, 0.2) is 60.1 Å². The van der Waals surface area contributed by atoms with Crippen LogP contribution in [0.25, 0.3) is 21.5 Å². The number of fused-ring (bicyclic) bond motifs is 6. The number of terminal acetylenes is 1. The smallest absolute Gasteiger partial charge is 0.309 e. The third kappa shape index (κ3) is 4.21. The predicted molar refractivity (Wildman–Crippen MR) is 150 cm³/mol. The van der Waals surface area contributed by atoms with Gasteiger partial charge in [-0.2, -0.15) is 4.39 Å². The Morgan fingerprint density at radius 1 is 1.05 bits per heavy atom. The molecule has 0 bridgehead atoms.